The van der Waals surface area contributed by atoms with Gasteiger partial charge in [-0.05, 0) is 42.5 Å². The van der Waals surface area contributed by atoms with Gasteiger partial charge in [-0.2, -0.15) is 0 Å². The highest BCUT2D eigenvalue weighted by Gasteiger charge is 2.05. The average Bonchev–Trinajstić information content (AvgIpc) is 3.02. The highest BCUT2D eigenvalue weighted by molar-refractivity contribution is 7.92. The summed E-state index contributed by atoms with van der Waals surface area (Å²) in [6.07, 6.45) is 4.38. The fourth-order valence-corrected chi connectivity index (χ4v) is 3.55. The Bertz CT molecular complexity index is 970. The third kappa shape index (κ3) is 4.81. The zero-order valence-corrected chi connectivity index (χ0v) is 15.0. The lowest BCUT2D eigenvalue weighted by Crippen LogP contribution is -2.23. The summed E-state index contributed by atoms with van der Waals surface area (Å²) in [5.74, 6) is 0. The first-order valence-electron chi connectivity index (χ1n) is 8.32. The molecule has 2 aromatic carbocycles. The van der Waals surface area contributed by atoms with Crippen molar-refractivity contribution in [2.75, 3.05) is 6.54 Å². The Hall–Kier alpha value is -2.37. The molecule has 0 unspecified atom stereocenters. The monoisotopic (exact) mass is 354 g/mol. The van der Waals surface area contributed by atoms with Crippen LogP contribution in [-0.4, -0.2) is 19.5 Å². The molecule has 0 spiro atoms. The second kappa shape index (κ2) is 7.68. The summed E-state index contributed by atoms with van der Waals surface area (Å²) in [4.78, 5) is 0. The predicted molar refractivity (Wildman–Crippen MR) is 104 cm³/mol. The van der Waals surface area contributed by atoms with Crippen molar-refractivity contribution < 1.29 is 8.42 Å². The van der Waals surface area contributed by atoms with Crippen LogP contribution in [0.1, 0.15) is 17.5 Å². The van der Waals surface area contributed by atoms with Crippen molar-refractivity contribution in [3.63, 3.8) is 0 Å². The van der Waals surface area contributed by atoms with Gasteiger partial charge in [0.2, 0.25) is 10.0 Å². The topological polar surface area (TPSA) is 51.1 Å². The van der Waals surface area contributed by atoms with Gasteiger partial charge in [-0.15, -0.1) is 0 Å². The van der Waals surface area contributed by atoms with Crippen LogP contribution in [0.2, 0.25) is 0 Å². The largest absolute Gasteiger partial charge is 0.347 e. The zero-order chi connectivity index (χ0) is 17.7. The van der Waals surface area contributed by atoms with E-state index in [9.17, 15) is 8.42 Å². The van der Waals surface area contributed by atoms with Crippen molar-refractivity contribution in [1.82, 2.24) is 9.29 Å². The molecule has 0 fully saturated rings. The summed E-state index contributed by atoms with van der Waals surface area (Å²) in [7, 11) is -3.41. The fourth-order valence-electron chi connectivity index (χ4n) is 2.69. The van der Waals surface area contributed by atoms with E-state index in [1.807, 2.05) is 49.5 Å². The first kappa shape index (κ1) is 17.5. The first-order valence-corrected chi connectivity index (χ1v) is 9.86. The summed E-state index contributed by atoms with van der Waals surface area (Å²) < 4.78 is 28.8. The normalized spacial score (nSPS) is 12.2. The van der Waals surface area contributed by atoms with E-state index in [1.54, 1.807) is 6.08 Å². The molecule has 1 N–H and O–H groups in total. The van der Waals surface area contributed by atoms with Gasteiger partial charge in [0, 0.05) is 30.2 Å². The van der Waals surface area contributed by atoms with E-state index in [4.69, 9.17) is 0 Å². The summed E-state index contributed by atoms with van der Waals surface area (Å²) in [5, 5.41) is 2.42. The van der Waals surface area contributed by atoms with Crippen LogP contribution < -0.4 is 4.72 Å². The van der Waals surface area contributed by atoms with Crippen molar-refractivity contribution >= 4 is 27.0 Å². The lowest BCUT2D eigenvalue weighted by atomic mass is 10.2. The van der Waals surface area contributed by atoms with E-state index in [2.05, 4.69) is 27.5 Å². The molecule has 4 nitrogen and oxygen atoms in total. The molecule has 0 aliphatic carbocycles. The fraction of sp³-hybridized carbons (Fsp3) is 0.200. The van der Waals surface area contributed by atoms with Crippen molar-refractivity contribution in [3.05, 3.63) is 77.3 Å². The number of nitrogens with one attached hydrogen (secondary N) is 1. The SMILES string of the molecule is Cc1ccc(C=CS(=O)(=O)NCCCn2ccc3ccccc32)cc1. The molecular weight excluding hydrogens is 332 g/mol. The maximum Gasteiger partial charge on any atom is 0.233 e. The van der Waals surface area contributed by atoms with E-state index >= 15 is 0 Å². The highest BCUT2D eigenvalue weighted by Crippen LogP contribution is 2.15. The number of para-hydroxylation sites is 1. The maximum absolute atomic E-state index is 12.0. The van der Waals surface area contributed by atoms with Crippen LogP contribution in [0.4, 0.5) is 0 Å². The molecule has 0 saturated carbocycles. The third-order valence-corrected chi connectivity index (χ3v) is 5.18. The number of fused-ring (bicyclic) bond motifs is 1. The van der Waals surface area contributed by atoms with E-state index in [0.717, 1.165) is 24.1 Å². The predicted octanol–water partition coefficient (Wildman–Crippen LogP) is 3.93. The lowest BCUT2D eigenvalue weighted by molar-refractivity contribution is 0.580. The smallest absolute Gasteiger partial charge is 0.233 e. The molecule has 0 atom stereocenters. The number of sulfonamides is 1. The molecule has 25 heavy (non-hydrogen) atoms. The zero-order valence-electron chi connectivity index (χ0n) is 14.2. The summed E-state index contributed by atoms with van der Waals surface area (Å²) in [6, 6.07) is 18.0. The molecule has 0 aliphatic rings. The van der Waals surface area contributed by atoms with Crippen molar-refractivity contribution in [2.24, 2.45) is 0 Å². The van der Waals surface area contributed by atoms with Gasteiger partial charge in [0.1, 0.15) is 0 Å². The van der Waals surface area contributed by atoms with Crippen LogP contribution in [0.15, 0.2) is 66.2 Å². The van der Waals surface area contributed by atoms with E-state index in [1.165, 1.54) is 16.3 Å². The molecule has 130 valence electrons. The molecule has 1 aromatic heterocycles. The van der Waals surface area contributed by atoms with Gasteiger partial charge < -0.3 is 4.57 Å². The van der Waals surface area contributed by atoms with Gasteiger partial charge in [-0.25, -0.2) is 13.1 Å². The van der Waals surface area contributed by atoms with Crippen LogP contribution in [-0.2, 0) is 16.6 Å². The van der Waals surface area contributed by atoms with E-state index in [-0.39, 0.29) is 0 Å². The van der Waals surface area contributed by atoms with E-state index < -0.39 is 10.0 Å². The number of aryl methyl sites for hydroxylation is 2. The highest BCUT2D eigenvalue weighted by atomic mass is 32.2. The first-order chi connectivity index (χ1) is 12.0. The number of aromatic nitrogens is 1. The Morgan fingerprint density at radius 3 is 2.60 bits per heavy atom. The Kier molecular flexibility index (Phi) is 5.36. The quantitative estimate of drug-likeness (QED) is 0.654. The van der Waals surface area contributed by atoms with E-state index in [0.29, 0.717) is 6.54 Å². The molecule has 0 aliphatic heterocycles. The Balaban J connectivity index is 1.51. The molecular formula is C20H22N2O2S. The van der Waals surface area contributed by atoms with Crippen molar-refractivity contribution in [3.8, 4) is 0 Å². The van der Waals surface area contributed by atoms with Crippen LogP contribution >= 0.6 is 0 Å². The van der Waals surface area contributed by atoms with Crippen LogP contribution in [0.3, 0.4) is 0 Å². The number of hydrogen-bond acceptors (Lipinski definition) is 2. The van der Waals surface area contributed by atoms with Gasteiger partial charge in [0.05, 0.1) is 0 Å². The molecule has 0 bridgehead atoms. The molecule has 5 heteroatoms. The van der Waals surface area contributed by atoms with Gasteiger partial charge in [0.25, 0.3) is 0 Å². The maximum atomic E-state index is 12.0. The molecule has 3 aromatic rings. The average molecular weight is 354 g/mol. The molecule has 0 radical (unpaired) electrons. The van der Waals surface area contributed by atoms with Gasteiger partial charge in [-0.1, -0.05) is 48.0 Å². The lowest BCUT2D eigenvalue weighted by Gasteiger charge is -2.06. The summed E-state index contributed by atoms with van der Waals surface area (Å²) in [6.45, 7) is 3.19. The Labute approximate surface area is 148 Å². The number of hydrogen-bond donors (Lipinski definition) is 1. The number of rotatable bonds is 7. The molecule has 1 heterocycles. The summed E-state index contributed by atoms with van der Waals surface area (Å²) in [5.41, 5.74) is 3.19. The minimum Gasteiger partial charge on any atom is -0.347 e. The van der Waals surface area contributed by atoms with Crippen LogP contribution in [0.5, 0.6) is 0 Å². The third-order valence-electron chi connectivity index (χ3n) is 4.08. The Morgan fingerprint density at radius 2 is 1.80 bits per heavy atom. The minimum absolute atomic E-state index is 0.410. The van der Waals surface area contributed by atoms with Crippen LogP contribution in [0, 0.1) is 6.92 Å². The number of benzene rings is 2. The standard InChI is InChI=1S/C20H22N2O2S/c1-17-7-9-18(10-8-17)12-16-25(23,24)21-13-4-14-22-15-11-19-5-2-3-6-20(19)22/h2-3,5-12,15-16,21H,4,13-14H2,1H3. The van der Waals surface area contributed by atoms with Gasteiger partial charge >= 0.3 is 0 Å². The van der Waals surface area contributed by atoms with Gasteiger partial charge in [-0.3, -0.25) is 0 Å². The van der Waals surface area contributed by atoms with Crippen molar-refractivity contribution in [2.45, 2.75) is 19.9 Å². The Morgan fingerprint density at radius 1 is 1.04 bits per heavy atom. The molecule has 0 amide bonds. The van der Waals surface area contributed by atoms with Crippen LogP contribution in [0.25, 0.3) is 17.0 Å². The van der Waals surface area contributed by atoms with Crippen molar-refractivity contribution in [1.29, 1.82) is 0 Å². The summed E-state index contributed by atoms with van der Waals surface area (Å²) >= 11 is 0. The van der Waals surface area contributed by atoms with Gasteiger partial charge in [0.15, 0.2) is 0 Å². The minimum atomic E-state index is -3.41. The number of nitrogens with zero attached hydrogens (tertiary/aromatic N) is 1. The molecule has 0 saturated heterocycles. The molecule has 3 rings (SSSR count). The second-order valence-corrected chi connectivity index (χ2v) is 7.73. The second-order valence-electron chi connectivity index (χ2n) is 6.07.